The van der Waals surface area contributed by atoms with E-state index in [0.717, 1.165) is 17.5 Å². The Kier molecular flexibility index (Phi) is 6.19. The Balaban J connectivity index is 1.78. The average molecular weight is 367 g/mol. The maximum absolute atomic E-state index is 13.2. The molecule has 0 aliphatic carbocycles. The maximum atomic E-state index is 13.2. The van der Waals surface area contributed by atoms with Crippen molar-refractivity contribution in [3.63, 3.8) is 0 Å². The fourth-order valence-electron chi connectivity index (χ4n) is 3.21. The zero-order valence-corrected chi connectivity index (χ0v) is 15.7. The van der Waals surface area contributed by atoms with Crippen molar-refractivity contribution in [2.45, 2.75) is 39.0 Å². The lowest BCUT2D eigenvalue weighted by molar-refractivity contribution is -0.155. The van der Waals surface area contributed by atoms with E-state index >= 15 is 0 Å². The standard InChI is InChI=1S/C21H25N3O3/c1-3-15-7-9-16(10-8-15)13-24(4-2)21(26)20-19(23-18(25)14-27-20)17-6-5-11-22-12-17/h5-12,19-20H,3-4,13-14H2,1-2H3,(H,23,25)/t19-,20+/m1/s1. The van der Waals surface area contributed by atoms with E-state index in [2.05, 4.69) is 41.5 Å². The minimum absolute atomic E-state index is 0.115. The van der Waals surface area contributed by atoms with Gasteiger partial charge in [0.1, 0.15) is 6.61 Å². The van der Waals surface area contributed by atoms with Gasteiger partial charge in [-0.3, -0.25) is 14.6 Å². The third-order valence-electron chi connectivity index (χ3n) is 4.80. The van der Waals surface area contributed by atoms with Crippen LogP contribution in [0.3, 0.4) is 0 Å². The van der Waals surface area contributed by atoms with Gasteiger partial charge in [0.15, 0.2) is 6.10 Å². The Hall–Kier alpha value is -2.73. The van der Waals surface area contributed by atoms with E-state index in [9.17, 15) is 9.59 Å². The summed E-state index contributed by atoms with van der Waals surface area (Å²) in [4.78, 5) is 30.9. The van der Waals surface area contributed by atoms with Crippen LogP contribution in [0.1, 0.15) is 36.6 Å². The molecule has 0 saturated carbocycles. The quantitative estimate of drug-likeness (QED) is 0.850. The second-order valence-electron chi connectivity index (χ2n) is 6.59. The van der Waals surface area contributed by atoms with E-state index in [1.165, 1.54) is 5.56 Å². The Morgan fingerprint density at radius 2 is 1.96 bits per heavy atom. The van der Waals surface area contributed by atoms with Crippen molar-refractivity contribution < 1.29 is 14.3 Å². The van der Waals surface area contributed by atoms with Gasteiger partial charge in [-0.25, -0.2) is 0 Å². The first kappa shape index (κ1) is 19.0. The van der Waals surface area contributed by atoms with Gasteiger partial charge in [0, 0.05) is 25.5 Å². The van der Waals surface area contributed by atoms with Crippen LogP contribution in [0.4, 0.5) is 0 Å². The van der Waals surface area contributed by atoms with Gasteiger partial charge >= 0.3 is 0 Å². The number of benzene rings is 1. The van der Waals surface area contributed by atoms with Gasteiger partial charge < -0.3 is 15.0 Å². The molecule has 2 amide bonds. The van der Waals surface area contributed by atoms with E-state index in [-0.39, 0.29) is 18.4 Å². The third kappa shape index (κ3) is 4.52. The number of amides is 2. The Morgan fingerprint density at radius 1 is 1.22 bits per heavy atom. The maximum Gasteiger partial charge on any atom is 0.254 e. The van der Waals surface area contributed by atoms with Crippen LogP contribution in [0.2, 0.25) is 0 Å². The highest BCUT2D eigenvalue weighted by Gasteiger charge is 2.38. The van der Waals surface area contributed by atoms with Crippen LogP contribution in [0.25, 0.3) is 0 Å². The van der Waals surface area contributed by atoms with E-state index in [4.69, 9.17) is 4.74 Å². The number of hydrogen-bond donors (Lipinski definition) is 1. The summed E-state index contributed by atoms with van der Waals surface area (Å²) < 4.78 is 5.65. The van der Waals surface area contributed by atoms with Crippen LogP contribution >= 0.6 is 0 Å². The predicted octanol–water partition coefficient (Wildman–Crippen LogP) is 2.25. The smallest absolute Gasteiger partial charge is 0.254 e. The normalized spacial score (nSPS) is 19.4. The number of aromatic nitrogens is 1. The summed E-state index contributed by atoms with van der Waals surface area (Å²) in [6.07, 6.45) is 3.53. The molecule has 1 aromatic heterocycles. The molecule has 1 aromatic carbocycles. The van der Waals surface area contributed by atoms with Gasteiger partial charge in [-0.1, -0.05) is 37.3 Å². The number of aryl methyl sites for hydroxylation is 1. The molecule has 0 spiro atoms. The Bertz CT molecular complexity index is 777. The first-order chi connectivity index (χ1) is 13.1. The number of rotatable bonds is 6. The van der Waals surface area contributed by atoms with Crippen molar-refractivity contribution in [3.05, 3.63) is 65.5 Å². The molecule has 2 atom stereocenters. The number of nitrogens with one attached hydrogen (secondary N) is 1. The fraction of sp³-hybridized carbons (Fsp3) is 0.381. The molecule has 0 bridgehead atoms. The molecule has 27 heavy (non-hydrogen) atoms. The van der Waals surface area contributed by atoms with Gasteiger partial charge in [0.25, 0.3) is 5.91 Å². The number of nitrogens with zero attached hydrogens (tertiary/aromatic N) is 2. The monoisotopic (exact) mass is 367 g/mol. The number of ether oxygens (including phenoxy) is 1. The number of carbonyl (C=O) groups is 2. The largest absolute Gasteiger partial charge is 0.356 e. The van der Waals surface area contributed by atoms with Crippen LogP contribution in [-0.2, 0) is 27.3 Å². The van der Waals surface area contributed by atoms with Gasteiger partial charge in [-0.15, -0.1) is 0 Å². The van der Waals surface area contributed by atoms with Gasteiger partial charge in [-0.2, -0.15) is 0 Å². The lowest BCUT2D eigenvalue weighted by atomic mass is 10.00. The van der Waals surface area contributed by atoms with E-state index in [1.54, 1.807) is 23.4 Å². The van der Waals surface area contributed by atoms with Crippen molar-refractivity contribution >= 4 is 11.8 Å². The number of likely N-dealkylation sites (N-methyl/N-ethyl adjacent to an activating group) is 1. The van der Waals surface area contributed by atoms with E-state index in [0.29, 0.717) is 13.1 Å². The Labute approximate surface area is 159 Å². The van der Waals surface area contributed by atoms with Crippen LogP contribution in [-0.4, -0.2) is 41.0 Å². The van der Waals surface area contributed by atoms with Crippen molar-refractivity contribution in [1.29, 1.82) is 0 Å². The molecular weight excluding hydrogens is 342 g/mol. The molecule has 3 rings (SSSR count). The minimum Gasteiger partial charge on any atom is -0.356 e. The molecule has 1 aliphatic heterocycles. The van der Waals surface area contributed by atoms with Gasteiger partial charge in [0.2, 0.25) is 5.91 Å². The topological polar surface area (TPSA) is 71.5 Å². The summed E-state index contributed by atoms with van der Waals surface area (Å²) in [5.74, 6) is -0.364. The molecule has 2 aromatic rings. The zero-order valence-electron chi connectivity index (χ0n) is 15.7. The van der Waals surface area contributed by atoms with Crippen molar-refractivity contribution in [2.24, 2.45) is 0 Å². The Morgan fingerprint density at radius 3 is 2.59 bits per heavy atom. The average Bonchev–Trinajstić information content (AvgIpc) is 2.72. The molecule has 1 fully saturated rings. The molecule has 142 valence electrons. The molecule has 2 heterocycles. The number of pyridine rings is 1. The number of morpholine rings is 1. The van der Waals surface area contributed by atoms with Crippen LogP contribution < -0.4 is 5.32 Å². The summed E-state index contributed by atoms with van der Waals surface area (Å²) in [7, 11) is 0. The lowest BCUT2D eigenvalue weighted by Gasteiger charge is -2.34. The van der Waals surface area contributed by atoms with Crippen LogP contribution in [0, 0.1) is 0 Å². The zero-order chi connectivity index (χ0) is 19.2. The SMILES string of the molecule is CCc1ccc(CN(CC)C(=O)[C@H]2OCC(=O)N[C@@H]2c2cccnc2)cc1. The fourth-order valence-corrected chi connectivity index (χ4v) is 3.21. The van der Waals surface area contributed by atoms with Crippen molar-refractivity contribution in [3.8, 4) is 0 Å². The second kappa shape index (κ2) is 8.77. The lowest BCUT2D eigenvalue weighted by Crippen LogP contribution is -2.53. The summed E-state index contributed by atoms with van der Waals surface area (Å²) in [5.41, 5.74) is 3.09. The van der Waals surface area contributed by atoms with Crippen molar-refractivity contribution in [2.75, 3.05) is 13.2 Å². The van der Waals surface area contributed by atoms with Gasteiger partial charge in [-0.05, 0) is 36.1 Å². The summed E-state index contributed by atoms with van der Waals surface area (Å²) in [5, 5.41) is 2.87. The molecule has 6 heteroatoms. The molecule has 6 nitrogen and oxygen atoms in total. The summed E-state index contributed by atoms with van der Waals surface area (Å²) >= 11 is 0. The molecule has 0 unspecified atom stereocenters. The summed E-state index contributed by atoms with van der Waals surface area (Å²) in [6, 6.07) is 11.4. The molecule has 1 aliphatic rings. The highest BCUT2D eigenvalue weighted by atomic mass is 16.5. The van der Waals surface area contributed by atoms with Crippen LogP contribution in [0.15, 0.2) is 48.8 Å². The first-order valence-electron chi connectivity index (χ1n) is 9.29. The minimum atomic E-state index is -0.762. The second-order valence-corrected chi connectivity index (χ2v) is 6.59. The summed E-state index contributed by atoms with van der Waals surface area (Å²) in [6.45, 7) is 5.01. The molecule has 0 radical (unpaired) electrons. The number of hydrogen-bond acceptors (Lipinski definition) is 4. The number of carbonyl (C=O) groups excluding carboxylic acids is 2. The molecule has 1 N–H and O–H groups in total. The molecule has 1 saturated heterocycles. The van der Waals surface area contributed by atoms with Crippen LogP contribution in [0.5, 0.6) is 0 Å². The van der Waals surface area contributed by atoms with E-state index in [1.807, 2.05) is 13.0 Å². The first-order valence-corrected chi connectivity index (χ1v) is 9.29. The van der Waals surface area contributed by atoms with E-state index < -0.39 is 12.1 Å². The van der Waals surface area contributed by atoms with Crippen molar-refractivity contribution in [1.82, 2.24) is 15.2 Å². The predicted molar refractivity (Wildman–Crippen MR) is 102 cm³/mol. The van der Waals surface area contributed by atoms with Gasteiger partial charge in [0.05, 0.1) is 6.04 Å². The third-order valence-corrected chi connectivity index (χ3v) is 4.80. The highest BCUT2D eigenvalue weighted by Crippen LogP contribution is 2.24. The molecular formula is C21H25N3O3. The highest BCUT2D eigenvalue weighted by molar-refractivity contribution is 5.86.